The third kappa shape index (κ3) is 2.32. The Morgan fingerprint density at radius 3 is 2.68 bits per heavy atom. The largest absolute Gasteiger partial charge is 0.476 e. The summed E-state index contributed by atoms with van der Waals surface area (Å²) in [6.07, 6.45) is 0. The number of rotatable bonds is 2. The summed E-state index contributed by atoms with van der Waals surface area (Å²) in [5.41, 5.74) is -0.786. The molecule has 1 atom stereocenters. The first-order valence-corrected chi connectivity index (χ1v) is 6.53. The quantitative estimate of drug-likeness (QED) is 0.891. The van der Waals surface area contributed by atoms with E-state index in [9.17, 15) is 13.6 Å². The van der Waals surface area contributed by atoms with E-state index in [0.29, 0.717) is 0 Å². The van der Waals surface area contributed by atoms with Crippen molar-refractivity contribution in [3.05, 3.63) is 39.8 Å². The molecule has 0 spiro atoms. The smallest absolute Gasteiger partial charge is 0.397 e. The van der Waals surface area contributed by atoms with Crippen LogP contribution in [0.5, 0.6) is 11.5 Å². The molecule has 22 heavy (non-hydrogen) atoms. The maximum absolute atomic E-state index is 14.5. The average molecular weight is 348 g/mol. The van der Waals surface area contributed by atoms with Crippen molar-refractivity contribution in [2.24, 2.45) is 0 Å². The number of benzene rings is 1. The van der Waals surface area contributed by atoms with Crippen molar-refractivity contribution in [3.63, 3.8) is 0 Å². The first-order valence-electron chi connectivity index (χ1n) is 5.78. The monoisotopic (exact) mass is 347 g/mol. The topological polar surface area (TPSA) is 68.7 Å². The summed E-state index contributed by atoms with van der Waals surface area (Å²) in [7, 11) is 0. The fourth-order valence-electron chi connectivity index (χ4n) is 1.96. The van der Waals surface area contributed by atoms with E-state index in [1.807, 2.05) is 0 Å². The van der Waals surface area contributed by atoms with Crippen molar-refractivity contribution in [3.8, 4) is 22.8 Å². The Kier molecular flexibility index (Phi) is 3.54. The zero-order chi connectivity index (χ0) is 16.0. The summed E-state index contributed by atoms with van der Waals surface area (Å²) in [4.78, 5) is 14.8. The van der Waals surface area contributed by atoms with Gasteiger partial charge in [-0.3, -0.25) is 0 Å². The molecule has 1 aromatic heterocycles. The van der Waals surface area contributed by atoms with Crippen molar-refractivity contribution < 1.29 is 28.2 Å². The lowest BCUT2D eigenvalue weighted by molar-refractivity contribution is -0.0663. The number of fused-ring (bicyclic) bond motifs is 1. The third-order valence-electron chi connectivity index (χ3n) is 2.87. The summed E-state index contributed by atoms with van der Waals surface area (Å²) in [5, 5.41) is 8.74. The number of hydrogen-bond donors (Lipinski definition) is 1. The molecule has 0 saturated heterocycles. The van der Waals surface area contributed by atoms with Gasteiger partial charge in [0.05, 0.1) is 21.3 Å². The van der Waals surface area contributed by atoms with Gasteiger partial charge in [-0.2, -0.15) is 4.39 Å². The normalized spacial score (nSPS) is 15.9. The lowest BCUT2D eigenvalue weighted by Gasteiger charge is -2.09. The number of carboxylic acid groups (broad SMARTS) is 1. The number of carbonyl (C=O) groups is 1. The fraction of sp³-hybridized carbons (Fsp3) is 0.0769. The minimum absolute atomic E-state index is 0.0852. The van der Waals surface area contributed by atoms with Crippen molar-refractivity contribution in [2.45, 2.75) is 6.54 Å². The molecule has 0 aliphatic carbocycles. The molecule has 1 aliphatic rings. The van der Waals surface area contributed by atoms with Crippen LogP contribution in [0.15, 0.2) is 18.2 Å². The highest BCUT2D eigenvalue weighted by Crippen LogP contribution is 2.45. The Balaban J connectivity index is 2.20. The van der Waals surface area contributed by atoms with Gasteiger partial charge < -0.3 is 14.6 Å². The van der Waals surface area contributed by atoms with Crippen molar-refractivity contribution >= 4 is 29.2 Å². The molecule has 0 amide bonds. The lowest BCUT2D eigenvalue weighted by atomic mass is 10.1. The first-order chi connectivity index (χ1) is 10.4. The van der Waals surface area contributed by atoms with Gasteiger partial charge in [0.2, 0.25) is 5.75 Å². The van der Waals surface area contributed by atoms with Crippen LogP contribution >= 0.6 is 23.2 Å². The van der Waals surface area contributed by atoms with Crippen molar-refractivity contribution in [1.82, 2.24) is 4.98 Å². The van der Waals surface area contributed by atoms with Crippen LogP contribution in [0.2, 0.25) is 10.0 Å². The lowest BCUT2D eigenvalue weighted by Crippen LogP contribution is -2.09. The molecule has 114 valence electrons. The molecule has 1 aromatic carbocycles. The Morgan fingerprint density at radius 2 is 2.00 bits per heavy atom. The SMILES string of the molecule is O=C(O)c1nc(-c2c(Cl)cc3c(c2F)OC(F)O3)ccc1Cl. The third-order valence-corrected chi connectivity index (χ3v) is 3.48. The molecule has 0 fully saturated rings. The molecule has 9 heteroatoms. The minimum Gasteiger partial charge on any atom is -0.476 e. The summed E-state index contributed by atoms with van der Waals surface area (Å²) >= 11 is 11.7. The zero-order valence-corrected chi connectivity index (χ0v) is 12.0. The summed E-state index contributed by atoms with van der Waals surface area (Å²) in [6.45, 7) is -2.14. The number of alkyl halides is 1. The Bertz CT molecular complexity index is 800. The average Bonchev–Trinajstić information content (AvgIpc) is 2.81. The molecule has 0 bridgehead atoms. The zero-order valence-electron chi connectivity index (χ0n) is 10.4. The van der Waals surface area contributed by atoms with E-state index in [0.717, 1.165) is 6.07 Å². The second-order valence-corrected chi connectivity index (χ2v) is 5.03. The molecule has 0 radical (unpaired) electrons. The minimum atomic E-state index is -2.14. The van der Waals surface area contributed by atoms with Gasteiger partial charge in [0, 0.05) is 6.07 Å². The maximum atomic E-state index is 14.5. The number of carboxylic acids is 1. The molecule has 2 aromatic rings. The maximum Gasteiger partial charge on any atom is 0.397 e. The van der Waals surface area contributed by atoms with E-state index < -0.39 is 29.8 Å². The van der Waals surface area contributed by atoms with E-state index in [4.69, 9.17) is 28.3 Å². The second-order valence-electron chi connectivity index (χ2n) is 4.22. The van der Waals surface area contributed by atoms with Gasteiger partial charge in [-0.1, -0.05) is 23.2 Å². The number of aromatic nitrogens is 1. The van der Waals surface area contributed by atoms with Crippen LogP contribution in [-0.2, 0) is 0 Å². The highest BCUT2D eigenvalue weighted by molar-refractivity contribution is 6.34. The summed E-state index contributed by atoms with van der Waals surface area (Å²) < 4.78 is 36.6. The highest BCUT2D eigenvalue weighted by Gasteiger charge is 2.31. The standard InChI is InChI=1S/C13H5Cl2F2NO4/c14-4-1-2-6(18-10(4)12(19)20)8-5(15)3-7-11(9(8)16)22-13(17)21-7/h1-3,13H,(H,19,20). The van der Waals surface area contributed by atoms with Crippen LogP contribution in [0.1, 0.15) is 10.5 Å². The van der Waals surface area contributed by atoms with Gasteiger partial charge in [0.1, 0.15) is 0 Å². The molecule has 3 rings (SSSR count). The Morgan fingerprint density at radius 1 is 1.27 bits per heavy atom. The van der Waals surface area contributed by atoms with E-state index in [1.165, 1.54) is 12.1 Å². The molecule has 1 aliphatic heterocycles. The van der Waals surface area contributed by atoms with Crippen LogP contribution < -0.4 is 9.47 Å². The van der Waals surface area contributed by atoms with E-state index >= 15 is 0 Å². The van der Waals surface area contributed by atoms with Crippen LogP contribution in [0.3, 0.4) is 0 Å². The molecule has 1 N–H and O–H groups in total. The number of aromatic carboxylic acids is 1. The Hall–Kier alpha value is -2.12. The van der Waals surface area contributed by atoms with Crippen LogP contribution in [0.25, 0.3) is 11.3 Å². The van der Waals surface area contributed by atoms with Crippen molar-refractivity contribution in [2.75, 3.05) is 0 Å². The Labute approximate surface area is 132 Å². The van der Waals surface area contributed by atoms with Crippen LogP contribution in [0.4, 0.5) is 8.78 Å². The van der Waals surface area contributed by atoms with Gasteiger partial charge in [0.15, 0.2) is 17.3 Å². The van der Waals surface area contributed by atoms with Gasteiger partial charge in [0.25, 0.3) is 0 Å². The highest BCUT2D eigenvalue weighted by atomic mass is 35.5. The second kappa shape index (κ2) is 5.26. The summed E-state index contributed by atoms with van der Waals surface area (Å²) in [5.74, 6) is -3.03. The van der Waals surface area contributed by atoms with Crippen molar-refractivity contribution in [1.29, 1.82) is 0 Å². The first kappa shape index (κ1) is 14.8. The summed E-state index contributed by atoms with van der Waals surface area (Å²) in [6, 6.07) is 3.69. The molecule has 0 saturated carbocycles. The van der Waals surface area contributed by atoms with E-state index in [1.54, 1.807) is 0 Å². The van der Waals surface area contributed by atoms with Gasteiger partial charge >= 0.3 is 12.5 Å². The molecule has 1 unspecified atom stereocenters. The fourth-order valence-corrected chi connectivity index (χ4v) is 2.42. The predicted molar refractivity (Wildman–Crippen MR) is 72.8 cm³/mol. The predicted octanol–water partition coefficient (Wildman–Crippen LogP) is 3.92. The molecule has 5 nitrogen and oxygen atoms in total. The van der Waals surface area contributed by atoms with Gasteiger partial charge in [-0.25, -0.2) is 14.2 Å². The molecular weight excluding hydrogens is 343 g/mol. The van der Waals surface area contributed by atoms with Gasteiger partial charge in [-0.05, 0) is 12.1 Å². The number of pyridine rings is 1. The van der Waals surface area contributed by atoms with Gasteiger partial charge in [-0.15, -0.1) is 0 Å². The van der Waals surface area contributed by atoms with E-state index in [2.05, 4.69) is 14.5 Å². The number of hydrogen-bond acceptors (Lipinski definition) is 4. The number of ether oxygens (including phenoxy) is 2. The van der Waals surface area contributed by atoms with Crippen LogP contribution in [0, 0.1) is 5.82 Å². The number of nitrogens with zero attached hydrogens (tertiary/aromatic N) is 1. The number of halogens is 4. The molecular formula is C13H5Cl2F2NO4. The molecule has 2 heterocycles. The van der Waals surface area contributed by atoms with E-state index in [-0.39, 0.29) is 27.1 Å². The van der Waals surface area contributed by atoms with Crippen LogP contribution in [-0.4, -0.2) is 22.6 Å².